The maximum absolute atomic E-state index is 12.0. The summed E-state index contributed by atoms with van der Waals surface area (Å²) in [6, 6.07) is 9.24. The van der Waals surface area contributed by atoms with Gasteiger partial charge in [-0.2, -0.15) is 0 Å². The number of aromatic nitrogens is 2. The minimum Gasteiger partial charge on any atom is -0.394 e. The molecule has 0 unspecified atom stereocenters. The van der Waals surface area contributed by atoms with E-state index in [4.69, 9.17) is 10.8 Å². The minimum absolute atomic E-state index is 0.0404. The Kier molecular flexibility index (Phi) is 3.01. The summed E-state index contributed by atoms with van der Waals surface area (Å²) in [7, 11) is 0. The third-order valence-electron chi connectivity index (χ3n) is 2.75. The van der Waals surface area contributed by atoms with E-state index >= 15 is 0 Å². The maximum Gasteiger partial charge on any atom is 0.294 e. The van der Waals surface area contributed by atoms with E-state index in [1.54, 1.807) is 11.6 Å². The molecule has 0 amide bonds. The average molecular weight is 233 g/mol. The predicted molar refractivity (Wildman–Crippen MR) is 66.3 cm³/mol. The highest BCUT2D eigenvalue weighted by Gasteiger charge is 2.14. The van der Waals surface area contributed by atoms with Crippen molar-refractivity contribution < 1.29 is 5.11 Å². The molecule has 5 nitrogen and oxygen atoms in total. The first-order chi connectivity index (χ1) is 8.16. The summed E-state index contributed by atoms with van der Waals surface area (Å²) in [5.74, 6) is 0. The number of hydrogen-bond donors (Lipinski definition) is 2. The van der Waals surface area contributed by atoms with Gasteiger partial charge in [0.1, 0.15) is 5.69 Å². The van der Waals surface area contributed by atoms with Gasteiger partial charge < -0.3 is 10.8 Å². The van der Waals surface area contributed by atoms with Crippen molar-refractivity contribution in [2.75, 3.05) is 12.3 Å². The van der Waals surface area contributed by atoms with Crippen LogP contribution in [0.5, 0.6) is 0 Å². The summed E-state index contributed by atoms with van der Waals surface area (Å²) in [6.07, 6.45) is 0. The Morgan fingerprint density at radius 2 is 1.94 bits per heavy atom. The SMILES string of the molecule is Cc1c(N)c(=O)n(-c2ccccc2)n1CCO. The van der Waals surface area contributed by atoms with Crippen molar-refractivity contribution in [1.82, 2.24) is 9.36 Å². The summed E-state index contributed by atoms with van der Waals surface area (Å²) in [6.45, 7) is 2.07. The number of aliphatic hydroxyl groups is 1. The van der Waals surface area contributed by atoms with Gasteiger partial charge in [0.2, 0.25) is 0 Å². The first kappa shape index (κ1) is 11.5. The lowest BCUT2D eigenvalue weighted by Crippen LogP contribution is -2.23. The largest absolute Gasteiger partial charge is 0.394 e. The van der Waals surface area contributed by atoms with Gasteiger partial charge in [0, 0.05) is 0 Å². The molecule has 0 atom stereocenters. The van der Waals surface area contributed by atoms with Crippen molar-refractivity contribution in [2.24, 2.45) is 0 Å². The van der Waals surface area contributed by atoms with Crippen LogP contribution in [-0.2, 0) is 6.54 Å². The number of benzene rings is 1. The van der Waals surface area contributed by atoms with Crippen molar-refractivity contribution >= 4 is 5.69 Å². The van der Waals surface area contributed by atoms with Crippen LogP contribution in [0.2, 0.25) is 0 Å². The smallest absolute Gasteiger partial charge is 0.294 e. The highest BCUT2D eigenvalue weighted by molar-refractivity contribution is 5.44. The van der Waals surface area contributed by atoms with E-state index in [2.05, 4.69) is 0 Å². The zero-order chi connectivity index (χ0) is 12.4. The zero-order valence-electron chi connectivity index (χ0n) is 9.63. The van der Waals surface area contributed by atoms with E-state index in [0.29, 0.717) is 12.2 Å². The Morgan fingerprint density at radius 1 is 1.29 bits per heavy atom. The lowest BCUT2D eigenvalue weighted by molar-refractivity contribution is 0.262. The Bertz CT molecular complexity index is 569. The third-order valence-corrected chi connectivity index (χ3v) is 2.75. The fourth-order valence-corrected chi connectivity index (χ4v) is 1.86. The Labute approximate surface area is 98.7 Å². The van der Waals surface area contributed by atoms with E-state index in [0.717, 1.165) is 5.69 Å². The molecule has 3 N–H and O–H groups in total. The molecule has 0 radical (unpaired) electrons. The molecule has 1 heterocycles. The Balaban J connectivity index is 2.68. The summed E-state index contributed by atoms with van der Waals surface area (Å²) in [5.41, 5.74) is 7.13. The lowest BCUT2D eigenvalue weighted by Gasteiger charge is -2.11. The second-order valence-electron chi connectivity index (χ2n) is 3.80. The van der Waals surface area contributed by atoms with Gasteiger partial charge in [0.05, 0.1) is 24.5 Å². The van der Waals surface area contributed by atoms with Gasteiger partial charge in [-0.1, -0.05) is 18.2 Å². The number of hydrogen-bond acceptors (Lipinski definition) is 3. The molecule has 0 spiro atoms. The Hall–Kier alpha value is -2.01. The number of nitrogens with two attached hydrogens (primary N) is 1. The quantitative estimate of drug-likeness (QED) is 0.811. The van der Waals surface area contributed by atoms with Gasteiger partial charge in [-0.25, -0.2) is 4.68 Å². The second-order valence-corrected chi connectivity index (χ2v) is 3.80. The van der Waals surface area contributed by atoms with Crippen LogP contribution < -0.4 is 11.3 Å². The molecule has 90 valence electrons. The van der Waals surface area contributed by atoms with Gasteiger partial charge in [-0.3, -0.25) is 9.48 Å². The second kappa shape index (κ2) is 4.47. The van der Waals surface area contributed by atoms with Crippen molar-refractivity contribution in [1.29, 1.82) is 0 Å². The van der Waals surface area contributed by atoms with Crippen LogP contribution in [0.3, 0.4) is 0 Å². The van der Waals surface area contributed by atoms with Crippen molar-refractivity contribution in [3.05, 3.63) is 46.4 Å². The van der Waals surface area contributed by atoms with Crippen LogP contribution in [0, 0.1) is 6.92 Å². The van der Waals surface area contributed by atoms with Gasteiger partial charge in [-0.15, -0.1) is 0 Å². The van der Waals surface area contributed by atoms with E-state index < -0.39 is 0 Å². The van der Waals surface area contributed by atoms with Gasteiger partial charge in [-0.05, 0) is 19.1 Å². The molecule has 2 aromatic rings. The molecule has 0 saturated carbocycles. The fraction of sp³-hybridized carbons (Fsp3) is 0.250. The summed E-state index contributed by atoms with van der Waals surface area (Å²) < 4.78 is 3.17. The molecule has 0 aliphatic carbocycles. The topological polar surface area (TPSA) is 73.2 Å². The number of nitrogens with zero attached hydrogens (tertiary/aromatic N) is 2. The Morgan fingerprint density at radius 3 is 2.53 bits per heavy atom. The summed E-state index contributed by atoms with van der Waals surface area (Å²) in [4.78, 5) is 12.0. The third kappa shape index (κ3) is 1.85. The van der Waals surface area contributed by atoms with Gasteiger partial charge in [0.15, 0.2) is 0 Å². The predicted octanol–water partition coefficient (Wildman–Crippen LogP) is 0.522. The monoisotopic (exact) mass is 233 g/mol. The molecular formula is C12H15N3O2. The molecule has 0 aliphatic heterocycles. The zero-order valence-corrected chi connectivity index (χ0v) is 9.63. The van der Waals surface area contributed by atoms with Crippen LogP contribution in [0.4, 0.5) is 5.69 Å². The average Bonchev–Trinajstić information content (AvgIpc) is 2.56. The van der Waals surface area contributed by atoms with Crippen molar-refractivity contribution in [3.63, 3.8) is 0 Å². The first-order valence-electron chi connectivity index (χ1n) is 5.41. The first-order valence-corrected chi connectivity index (χ1v) is 5.41. The standard InChI is InChI=1S/C12H15N3O2/c1-9-11(13)12(17)15(14(9)7-8-16)10-5-3-2-4-6-10/h2-6,16H,7-8,13H2,1H3. The lowest BCUT2D eigenvalue weighted by atomic mass is 10.3. The van der Waals surface area contributed by atoms with Crippen molar-refractivity contribution in [2.45, 2.75) is 13.5 Å². The van der Waals surface area contributed by atoms with E-state index in [1.807, 2.05) is 30.3 Å². The van der Waals surface area contributed by atoms with Crippen LogP contribution in [0.25, 0.3) is 5.69 Å². The molecule has 0 bridgehead atoms. The summed E-state index contributed by atoms with van der Waals surface area (Å²) >= 11 is 0. The number of rotatable bonds is 3. The summed E-state index contributed by atoms with van der Waals surface area (Å²) in [5, 5.41) is 9.04. The maximum atomic E-state index is 12.0. The molecule has 0 saturated heterocycles. The molecule has 5 heteroatoms. The van der Waals surface area contributed by atoms with E-state index in [1.165, 1.54) is 4.68 Å². The number of aliphatic hydroxyl groups excluding tert-OH is 1. The molecular weight excluding hydrogens is 218 g/mol. The molecule has 1 aromatic heterocycles. The molecule has 0 aliphatic rings. The number of anilines is 1. The normalized spacial score (nSPS) is 10.7. The minimum atomic E-state index is -0.248. The molecule has 2 rings (SSSR count). The highest BCUT2D eigenvalue weighted by atomic mass is 16.3. The van der Waals surface area contributed by atoms with Crippen molar-refractivity contribution in [3.8, 4) is 5.69 Å². The highest BCUT2D eigenvalue weighted by Crippen LogP contribution is 2.12. The van der Waals surface area contributed by atoms with Crippen LogP contribution >= 0.6 is 0 Å². The molecule has 17 heavy (non-hydrogen) atoms. The van der Waals surface area contributed by atoms with Crippen LogP contribution in [0.1, 0.15) is 5.69 Å². The molecule has 1 aromatic carbocycles. The van der Waals surface area contributed by atoms with E-state index in [-0.39, 0.29) is 17.9 Å². The van der Waals surface area contributed by atoms with E-state index in [9.17, 15) is 4.79 Å². The number of nitrogen functional groups attached to an aromatic ring is 1. The molecule has 0 fully saturated rings. The fourth-order valence-electron chi connectivity index (χ4n) is 1.86. The van der Waals surface area contributed by atoms with Crippen LogP contribution in [0.15, 0.2) is 35.1 Å². The van der Waals surface area contributed by atoms with Gasteiger partial charge in [0.25, 0.3) is 5.56 Å². The van der Waals surface area contributed by atoms with Crippen LogP contribution in [-0.4, -0.2) is 21.1 Å². The number of para-hydroxylation sites is 1. The van der Waals surface area contributed by atoms with Gasteiger partial charge >= 0.3 is 0 Å².